The molecule has 2 heterocycles. The van der Waals surface area contributed by atoms with Crippen molar-refractivity contribution in [2.45, 2.75) is 20.4 Å². The minimum absolute atomic E-state index is 0.114. The topological polar surface area (TPSA) is 154 Å². The first kappa shape index (κ1) is 29.1. The number of esters is 1. The number of carbonyl (C=O) groups is 4. The van der Waals surface area contributed by atoms with Gasteiger partial charge in [-0.2, -0.15) is 4.99 Å². The minimum Gasteiger partial charge on any atom is -0.497 e. The average Bonchev–Trinajstić information content (AvgIpc) is 3.19. The summed E-state index contributed by atoms with van der Waals surface area (Å²) in [4.78, 5) is 56.0. The number of sulfone groups is 1. The van der Waals surface area contributed by atoms with Gasteiger partial charge in [0.25, 0.3) is 5.91 Å². The lowest BCUT2D eigenvalue weighted by Gasteiger charge is -2.34. The fourth-order valence-corrected chi connectivity index (χ4v) is 5.94. The highest BCUT2D eigenvalue weighted by molar-refractivity contribution is 7.92. The maximum absolute atomic E-state index is 12.7. The first-order valence-electron chi connectivity index (χ1n) is 11.9. The van der Waals surface area contributed by atoms with E-state index in [-0.39, 0.29) is 50.7 Å². The highest BCUT2D eigenvalue weighted by Crippen LogP contribution is 2.23. The van der Waals surface area contributed by atoms with Crippen LogP contribution in [0.25, 0.3) is 10.2 Å². The van der Waals surface area contributed by atoms with Gasteiger partial charge in [-0.15, -0.1) is 0 Å². The summed E-state index contributed by atoms with van der Waals surface area (Å²) in [7, 11) is -2.63. The zero-order valence-electron chi connectivity index (χ0n) is 21.4. The second-order valence-corrected chi connectivity index (χ2v) is 11.3. The largest absolute Gasteiger partial charge is 0.497 e. The Balaban J connectivity index is 1.72. The molecule has 0 N–H and O–H groups in total. The molecule has 0 spiro atoms. The van der Waals surface area contributed by atoms with Crippen molar-refractivity contribution in [2.75, 3.05) is 58.0 Å². The van der Waals surface area contributed by atoms with Gasteiger partial charge in [0.2, 0.25) is 5.91 Å². The third-order valence-corrected chi connectivity index (χ3v) is 7.96. The number of hydrogen-bond acceptors (Lipinski definition) is 10. The number of carbonyl (C=O) groups excluding carboxylic acids is 4. The summed E-state index contributed by atoms with van der Waals surface area (Å²) in [5.41, 5.74) is 0.593. The third kappa shape index (κ3) is 7.54. The molecular formula is C23H30N4O9S2. The number of hydrogen-bond donors (Lipinski definition) is 0. The summed E-state index contributed by atoms with van der Waals surface area (Å²) in [5.74, 6) is -3.45. The molecule has 0 bridgehead atoms. The van der Waals surface area contributed by atoms with Gasteiger partial charge in [0.1, 0.15) is 23.8 Å². The lowest BCUT2D eigenvalue weighted by molar-refractivity contribution is -0.143. The van der Waals surface area contributed by atoms with Crippen molar-refractivity contribution < 1.29 is 41.8 Å². The van der Waals surface area contributed by atoms with E-state index >= 15 is 0 Å². The van der Waals surface area contributed by atoms with Gasteiger partial charge in [-0.3, -0.25) is 14.4 Å². The maximum atomic E-state index is 12.7. The summed E-state index contributed by atoms with van der Waals surface area (Å²) >= 11 is 1.09. The van der Waals surface area contributed by atoms with Crippen LogP contribution in [0.15, 0.2) is 23.2 Å². The molecule has 13 nitrogen and oxygen atoms in total. The van der Waals surface area contributed by atoms with Crippen molar-refractivity contribution in [3.8, 4) is 5.75 Å². The first-order valence-corrected chi connectivity index (χ1v) is 14.5. The number of nitrogens with zero attached hydrogens (tertiary/aromatic N) is 4. The van der Waals surface area contributed by atoms with Crippen molar-refractivity contribution in [3.63, 3.8) is 0 Å². The van der Waals surface area contributed by atoms with Crippen molar-refractivity contribution in [2.24, 2.45) is 4.99 Å². The van der Waals surface area contributed by atoms with Gasteiger partial charge in [0.15, 0.2) is 14.6 Å². The molecule has 1 saturated heterocycles. The Labute approximate surface area is 223 Å². The molecule has 15 heteroatoms. The Morgan fingerprint density at radius 2 is 1.63 bits per heavy atom. The zero-order valence-corrected chi connectivity index (χ0v) is 23.0. The molecule has 1 aromatic heterocycles. The van der Waals surface area contributed by atoms with E-state index in [1.54, 1.807) is 32.0 Å². The molecule has 1 aliphatic heterocycles. The Bertz CT molecular complexity index is 1370. The Morgan fingerprint density at radius 3 is 2.26 bits per heavy atom. The van der Waals surface area contributed by atoms with Crippen LogP contribution in [0.5, 0.6) is 5.75 Å². The van der Waals surface area contributed by atoms with Crippen LogP contribution in [0, 0.1) is 0 Å². The second-order valence-electron chi connectivity index (χ2n) is 8.21. The van der Waals surface area contributed by atoms with Gasteiger partial charge in [-0.1, -0.05) is 11.3 Å². The van der Waals surface area contributed by atoms with Crippen LogP contribution < -0.4 is 9.54 Å². The highest BCUT2D eigenvalue weighted by Gasteiger charge is 2.29. The average molecular weight is 571 g/mol. The minimum atomic E-state index is -4.13. The Hall–Kier alpha value is -3.46. The number of aromatic nitrogens is 1. The number of amides is 3. The van der Waals surface area contributed by atoms with E-state index in [0.717, 1.165) is 11.3 Å². The van der Waals surface area contributed by atoms with E-state index in [1.807, 2.05) is 0 Å². The van der Waals surface area contributed by atoms with E-state index in [0.29, 0.717) is 16.0 Å². The lowest BCUT2D eigenvalue weighted by atomic mass is 10.3. The smallest absolute Gasteiger partial charge is 0.409 e. The monoisotopic (exact) mass is 570 g/mol. The predicted molar refractivity (Wildman–Crippen MR) is 137 cm³/mol. The first-order chi connectivity index (χ1) is 18.1. The summed E-state index contributed by atoms with van der Waals surface area (Å²) in [6.45, 7) is 4.28. The molecule has 38 heavy (non-hydrogen) atoms. The number of benzene rings is 1. The fourth-order valence-electron chi connectivity index (χ4n) is 3.77. The summed E-state index contributed by atoms with van der Waals surface area (Å²) in [6.07, 6.45) is -0.487. The molecule has 3 rings (SSSR count). The van der Waals surface area contributed by atoms with Crippen molar-refractivity contribution in [3.05, 3.63) is 23.0 Å². The Morgan fingerprint density at radius 1 is 0.974 bits per heavy atom. The van der Waals surface area contributed by atoms with E-state index in [4.69, 9.17) is 14.2 Å². The van der Waals surface area contributed by atoms with Gasteiger partial charge >= 0.3 is 12.1 Å². The van der Waals surface area contributed by atoms with Crippen molar-refractivity contribution >= 4 is 55.3 Å². The summed E-state index contributed by atoms with van der Waals surface area (Å²) in [5, 5.41) is 0. The zero-order chi connectivity index (χ0) is 27.9. The van der Waals surface area contributed by atoms with Gasteiger partial charge in [0.05, 0.1) is 30.5 Å². The van der Waals surface area contributed by atoms with Crippen LogP contribution in [-0.2, 0) is 40.2 Å². The van der Waals surface area contributed by atoms with Crippen LogP contribution in [-0.4, -0.2) is 105 Å². The third-order valence-electron chi connectivity index (χ3n) is 5.55. The van der Waals surface area contributed by atoms with E-state index < -0.39 is 45.2 Å². The normalized spacial score (nSPS) is 14.4. The number of rotatable bonds is 9. The summed E-state index contributed by atoms with van der Waals surface area (Å²) in [6, 6.07) is 5.09. The van der Waals surface area contributed by atoms with Gasteiger partial charge in [-0.05, 0) is 32.0 Å². The number of fused-ring (bicyclic) bond motifs is 1. The SMILES string of the molecule is CCOC(=O)Cn1c(=NC(=O)CS(=O)(=O)CC(=O)N2CCN(C(=O)OCC)CC2)sc2cc(OC)ccc21. The lowest BCUT2D eigenvalue weighted by Crippen LogP contribution is -2.52. The number of methoxy groups -OCH3 is 1. The fraction of sp³-hybridized carbons (Fsp3) is 0.522. The molecule has 0 radical (unpaired) electrons. The summed E-state index contributed by atoms with van der Waals surface area (Å²) < 4.78 is 42.6. The van der Waals surface area contributed by atoms with Crippen LogP contribution in [0.2, 0.25) is 0 Å². The predicted octanol–water partition coefficient (Wildman–Crippen LogP) is 0.417. The maximum Gasteiger partial charge on any atom is 0.409 e. The van der Waals surface area contributed by atoms with E-state index in [2.05, 4.69) is 4.99 Å². The van der Waals surface area contributed by atoms with Crippen LogP contribution in [0.3, 0.4) is 0 Å². The van der Waals surface area contributed by atoms with E-state index in [1.165, 1.54) is 21.5 Å². The number of piperazine rings is 1. The molecule has 0 aliphatic carbocycles. The molecule has 0 atom stereocenters. The van der Waals surface area contributed by atoms with Gasteiger partial charge < -0.3 is 28.6 Å². The van der Waals surface area contributed by atoms with Crippen molar-refractivity contribution in [1.82, 2.24) is 14.4 Å². The molecule has 2 aromatic rings. The molecule has 0 saturated carbocycles. The quantitative estimate of drug-likeness (QED) is 0.390. The van der Waals surface area contributed by atoms with Crippen LogP contribution in [0.4, 0.5) is 4.79 Å². The number of thiazole rings is 1. The molecule has 1 fully saturated rings. The van der Waals surface area contributed by atoms with Gasteiger partial charge in [-0.25, -0.2) is 13.2 Å². The molecule has 3 amide bonds. The van der Waals surface area contributed by atoms with Crippen molar-refractivity contribution in [1.29, 1.82) is 0 Å². The van der Waals surface area contributed by atoms with Crippen LogP contribution in [0.1, 0.15) is 13.8 Å². The molecule has 0 unspecified atom stereocenters. The standard InChI is InChI=1S/C23H30N4O9S2/c1-4-35-21(30)13-27-17-7-6-16(34-3)12-18(17)37-22(27)24-19(28)14-38(32,33)15-20(29)25-8-10-26(11-9-25)23(31)36-5-2/h6-7,12H,4-5,8-11,13-15H2,1-3H3. The second kappa shape index (κ2) is 12.9. The molecule has 1 aliphatic rings. The van der Waals surface area contributed by atoms with Gasteiger partial charge in [0, 0.05) is 26.2 Å². The molecule has 208 valence electrons. The van der Waals surface area contributed by atoms with E-state index in [9.17, 15) is 27.6 Å². The highest BCUT2D eigenvalue weighted by atomic mass is 32.2. The van der Waals surface area contributed by atoms with Crippen LogP contribution >= 0.6 is 11.3 Å². The molecule has 1 aromatic carbocycles. The Kier molecular flexibility index (Phi) is 9.85. The molecular weight excluding hydrogens is 540 g/mol. The number of ether oxygens (including phenoxy) is 3.